The lowest BCUT2D eigenvalue weighted by atomic mass is 9.90. The minimum Gasteiger partial charge on any atom is -0.493 e. The first-order valence-corrected chi connectivity index (χ1v) is 12.5. The van der Waals surface area contributed by atoms with E-state index >= 15 is 0 Å². The number of ether oxygens (including phenoxy) is 3. The number of imide groups is 1. The van der Waals surface area contributed by atoms with Gasteiger partial charge in [-0.05, 0) is 55.3 Å². The summed E-state index contributed by atoms with van der Waals surface area (Å²) in [6.07, 6.45) is -0.114. The summed E-state index contributed by atoms with van der Waals surface area (Å²) in [7, 11) is 1.58. The molecule has 37 heavy (non-hydrogen) atoms. The van der Waals surface area contributed by atoms with Crippen LogP contribution in [0.1, 0.15) is 31.9 Å². The highest BCUT2D eigenvalue weighted by atomic mass is 16.7. The first kappa shape index (κ1) is 24.6. The maximum Gasteiger partial charge on any atom is 0.266 e. The van der Waals surface area contributed by atoms with Crippen molar-refractivity contribution in [3.8, 4) is 17.2 Å². The number of methoxy groups -OCH3 is 1. The molecule has 3 aromatic rings. The quantitative estimate of drug-likeness (QED) is 0.384. The summed E-state index contributed by atoms with van der Waals surface area (Å²) in [6, 6.07) is 21.5. The van der Waals surface area contributed by atoms with Crippen molar-refractivity contribution in [3.05, 3.63) is 78.4 Å². The molecule has 3 atom stereocenters. The van der Waals surface area contributed by atoms with Gasteiger partial charge in [-0.2, -0.15) is 0 Å². The fourth-order valence-electron chi connectivity index (χ4n) is 4.91. The standard InChI is InChI=1S/C29H30N2O6/c1-4-17-36-23-16-15-19(18-24(23)34-3)26-25-27(37-31(26)20-11-7-6-8-12-20)29(33)30(28(25)32)21-13-9-10-14-22(21)35-5-2/h6-16,18,25-27H,4-5,17H2,1-3H3/t25-,26-,27-/m1/s1. The van der Waals surface area contributed by atoms with E-state index in [2.05, 4.69) is 0 Å². The van der Waals surface area contributed by atoms with E-state index < -0.39 is 24.0 Å². The zero-order chi connectivity index (χ0) is 25.9. The first-order chi connectivity index (χ1) is 18.1. The molecule has 0 bridgehead atoms. The van der Waals surface area contributed by atoms with Gasteiger partial charge in [-0.3, -0.25) is 14.4 Å². The molecule has 2 aliphatic rings. The van der Waals surface area contributed by atoms with Gasteiger partial charge < -0.3 is 14.2 Å². The highest BCUT2D eigenvalue weighted by Crippen LogP contribution is 2.49. The molecule has 5 rings (SSSR count). The van der Waals surface area contributed by atoms with Crippen molar-refractivity contribution in [1.29, 1.82) is 0 Å². The van der Waals surface area contributed by atoms with Gasteiger partial charge in [0.25, 0.3) is 5.91 Å². The molecule has 0 N–H and O–H groups in total. The Labute approximate surface area is 216 Å². The van der Waals surface area contributed by atoms with Crippen molar-refractivity contribution in [1.82, 2.24) is 0 Å². The molecule has 8 nitrogen and oxygen atoms in total. The molecule has 8 heteroatoms. The number of nitrogens with zero attached hydrogens (tertiary/aromatic N) is 2. The van der Waals surface area contributed by atoms with Gasteiger partial charge in [0.05, 0.1) is 37.7 Å². The summed E-state index contributed by atoms with van der Waals surface area (Å²) in [5, 5.41) is 1.66. The van der Waals surface area contributed by atoms with Crippen LogP contribution < -0.4 is 24.2 Å². The number of hydroxylamine groups is 1. The number of rotatable bonds is 9. The SMILES string of the molecule is CCCOc1ccc([C@@H]2[C@H]3C(=O)N(c4ccccc4OCC)C(=O)[C@@H]3ON2c2ccccc2)cc1OC. The van der Waals surface area contributed by atoms with Crippen molar-refractivity contribution in [2.75, 3.05) is 30.3 Å². The van der Waals surface area contributed by atoms with Crippen LogP contribution in [0.5, 0.6) is 17.2 Å². The monoisotopic (exact) mass is 502 g/mol. The van der Waals surface area contributed by atoms with Crippen molar-refractivity contribution >= 4 is 23.2 Å². The Kier molecular flexibility index (Phi) is 7.01. The largest absolute Gasteiger partial charge is 0.493 e. The minimum absolute atomic E-state index is 0.337. The Bertz CT molecular complexity index is 1280. The minimum atomic E-state index is -0.977. The number of carbonyl (C=O) groups is 2. The first-order valence-electron chi connectivity index (χ1n) is 12.5. The number of anilines is 2. The summed E-state index contributed by atoms with van der Waals surface area (Å²) in [6.45, 7) is 4.86. The topological polar surface area (TPSA) is 77.5 Å². The van der Waals surface area contributed by atoms with Gasteiger partial charge in [-0.15, -0.1) is 0 Å². The van der Waals surface area contributed by atoms with Crippen LogP contribution in [0.4, 0.5) is 11.4 Å². The van der Waals surface area contributed by atoms with E-state index in [9.17, 15) is 9.59 Å². The number of para-hydroxylation sites is 3. The number of fused-ring (bicyclic) bond motifs is 1. The number of hydrogen-bond donors (Lipinski definition) is 0. The Balaban J connectivity index is 1.57. The summed E-state index contributed by atoms with van der Waals surface area (Å²) < 4.78 is 17.2. The second-order valence-corrected chi connectivity index (χ2v) is 8.83. The number of hydrogen-bond acceptors (Lipinski definition) is 7. The molecular formula is C29H30N2O6. The van der Waals surface area contributed by atoms with E-state index in [0.29, 0.717) is 36.1 Å². The highest BCUT2D eigenvalue weighted by Gasteiger charge is 2.60. The normalized spacial score (nSPS) is 20.8. The molecule has 0 spiro atoms. The molecule has 0 aliphatic carbocycles. The summed E-state index contributed by atoms with van der Waals surface area (Å²) in [5.41, 5.74) is 1.94. The molecule has 2 fully saturated rings. The van der Waals surface area contributed by atoms with Crippen LogP contribution in [0.25, 0.3) is 0 Å². The van der Waals surface area contributed by atoms with Gasteiger partial charge in [-0.25, -0.2) is 9.96 Å². The molecule has 0 saturated carbocycles. The molecule has 192 valence electrons. The average Bonchev–Trinajstić information content (AvgIpc) is 3.44. The van der Waals surface area contributed by atoms with E-state index in [4.69, 9.17) is 19.0 Å². The van der Waals surface area contributed by atoms with Crippen LogP contribution in [0.15, 0.2) is 72.8 Å². The maximum absolute atomic E-state index is 14.0. The van der Waals surface area contributed by atoms with Gasteiger partial charge in [-0.1, -0.05) is 43.3 Å². The highest BCUT2D eigenvalue weighted by molar-refractivity contribution is 6.24. The molecule has 2 heterocycles. The fourth-order valence-corrected chi connectivity index (χ4v) is 4.91. The summed E-state index contributed by atoms with van der Waals surface area (Å²) in [5.74, 6) is 0.127. The molecule has 2 aliphatic heterocycles. The molecule has 0 unspecified atom stereocenters. The number of amides is 2. The van der Waals surface area contributed by atoms with Crippen LogP contribution in [-0.2, 0) is 14.4 Å². The van der Waals surface area contributed by atoms with E-state index in [1.807, 2.05) is 68.4 Å². The summed E-state index contributed by atoms with van der Waals surface area (Å²) >= 11 is 0. The Morgan fingerprint density at radius 2 is 1.59 bits per heavy atom. The fraction of sp³-hybridized carbons (Fsp3) is 0.310. The van der Waals surface area contributed by atoms with E-state index in [1.165, 1.54) is 4.90 Å². The lowest BCUT2D eigenvalue weighted by molar-refractivity contribution is -0.126. The Morgan fingerprint density at radius 1 is 0.838 bits per heavy atom. The van der Waals surface area contributed by atoms with Gasteiger partial charge >= 0.3 is 0 Å². The zero-order valence-corrected chi connectivity index (χ0v) is 21.1. The maximum atomic E-state index is 14.0. The van der Waals surface area contributed by atoms with Crippen LogP contribution in [0, 0.1) is 5.92 Å². The van der Waals surface area contributed by atoms with E-state index in [1.54, 1.807) is 30.4 Å². The smallest absolute Gasteiger partial charge is 0.266 e. The molecule has 2 saturated heterocycles. The third-order valence-electron chi connectivity index (χ3n) is 6.52. The second-order valence-electron chi connectivity index (χ2n) is 8.83. The predicted molar refractivity (Wildman–Crippen MR) is 139 cm³/mol. The van der Waals surface area contributed by atoms with Crippen molar-refractivity contribution in [3.63, 3.8) is 0 Å². The van der Waals surface area contributed by atoms with Gasteiger partial charge in [0.2, 0.25) is 5.91 Å². The molecule has 0 aromatic heterocycles. The Hall–Kier alpha value is -4.04. The van der Waals surface area contributed by atoms with Crippen LogP contribution >= 0.6 is 0 Å². The number of benzene rings is 3. The van der Waals surface area contributed by atoms with Gasteiger partial charge in [0.1, 0.15) is 11.7 Å². The van der Waals surface area contributed by atoms with Crippen molar-refractivity contribution in [2.45, 2.75) is 32.4 Å². The van der Waals surface area contributed by atoms with Gasteiger partial charge in [0, 0.05) is 0 Å². The molecule has 0 radical (unpaired) electrons. The van der Waals surface area contributed by atoms with Crippen molar-refractivity contribution < 1.29 is 28.6 Å². The van der Waals surface area contributed by atoms with Crippen molar-refractivity contribution in [2.24, 2.45) is 5.92 Å². The average molecular weight is 503 g/mol. The zero-order valence-electron chi connectivity index (χ0n) is 21.1. The van der Waals surface area contributed by atoms with E-state index in [0.717, 1.165) is 17.7 Å². The van der Waals surface area contributed by atoms with Gasteiger partial charge in [0.15, 0.2) is 17.6 Å². The lowest BCUT2D eigenvalue weighted by Gasteiger charge is -2.29. The Morgan fingerprint density at radius 3 is 2.32 bits per heavy atom. The lowest BCUT2D eigenvalue weighted by Crippen LogP contribution is -2.37. The summed E-state index contributed by atoms with van der Waals surface area (Å²) in [4.78, 5) is 35.1. The molecule has 2 amide bonds. The molecular weight excluding hydrogens is 472 g/mol. The second kappa shape index (κ2) is 10.5. The van der Waals surface area contributed by atoms with Crippen LogP contribution in [0.3, 0.4) is 0 Å². The third kappa shape index (κ3) is 4.38. The third-order valence-corrected chi connectivity index (χ3v) is 6.52. The van der Waals surface area contributed by atoms with Crippen LogP contribution in [-0.4, -0.2) is 38.2 Å². The van der Waals surface area contributed by atoms with Crippen LogP contribution in [0.2, 0.25) is 0 Å². The number of carbonyl (C=O) groups excluding carboxylic acids is 2. The molecule has 3 aromatic carbocycles. The predicted octanol–water partition coefficient (Wildman–Crippen LogP) is 4.93. The van der Waals surface area contributed by atoms with E-state index in [-0.39, 0.29) is 5.91 Å².